The molecule has 0 heterocycles. The van der Waals surface area contributed by atoms with Crippen LogP contribution in [0.5, 0.6) is 11.5 Å². The number of amides is 1. The van der Waals surface area contributed by atoms with Crippen molar-refractivity contribution in [2.45, 2.75) is 27.3 Å². The molecule has 3 N–H and O–H groups in total. The van der Waals surface area contributed by atoms with Crippen molar-refractivity contribution in [3.05, 3.63) is 48.0 Å². The lowest BCUT2D eigenvalue weighted by molar-refractivity contribution is -0.118. The molecule has 164 valence electrons. The fraction of sp³-hybridized carbons (Fsp3) is 0.364. The van der Waals surface area contributed by atoms with E-state index in [1.54, 1.807) is 14.2 Å². The molecule has 0 fully saturated rings. The van der Waals surface area contributed by atoms with Gasteiger partial charge in [0.2, 0.25) is 5.91 Å². The molecule has 7 nitrogen and oxygen atoms in total. The zero-order chi connectivity index (χ0) is 21.2. The number of rotatable bonds is 8. The lowest BCUT2D eigenvalue weighted by Gasteiger charge is -2.15. The fourth-order valence-corrected chi connectivity index (χ4v) is 2.52. The van der Waals surface area contributed by atoms with E-state index in [-0.39, 0.29) is 35.8 Å². The number of ether oxygens (including phenoxy) is 2. The van der Waals surface area contributed by atoms with Gasteiger partial charge in [-0.2, -0.15) is 0 Å². The van der Waals surface area contributed by atoms with Crippen molar-refractivity contribution < 1.29 is 14.3 Å². The highest BCUT2D eigenvalue weighted by Gasteiger charge is 2.08. The summed E-state index contributed by atoms with van der Waals surface area (Å²) in [4.78, 5) is 16.0. The number of aliphatic imine (C=N–C) groups is 1. The molecule has 0 bridgehead atoms. The second kappa shape index (κ2) is 12.9. The van der Waals surface area contributed by atoms with Crippen LogP contribution >= 0.6 is 24.0 Å². The van der Waals surface area contributed by atoms with Gasteiger partial charge in [-0.25, -0.2) is 0 Å². The Hall–Kier alpha value is -2.49. The van der Waals surface area contributed by atoms with Gasteiger partial charge in [0.25, 0.3) is 0 Å². The molecule has 0 atom stereocenters. The highest BCUT2D eigenvalue weighted by Crippen LogP contribution is 2.30. The summed E-state index contributed by atoms with van der Waals surface area (Å²) in [7, 11) is 3.33. The van der Waals surface area contributed by atoms with Crippen molar-refractivity contribution in [2.75, 3.05) is 31.4 Å². The molecule has 0 aliphatic rings. The summed E-state index contributed by atoms with van der Waals surface area (Å²) in [6, 6.07) is 13.4. The van der Waals surface area contributed by atoms with Gasteiger partial charge in [-0.15, -0.1) is 24.0 Å². The second-order valence-corrected chi connectivity index (χ2v) is 6.69. The number of carbonyl (C=O) groups excluding carboxylic acids is 1. The van der Waals surface area contributed by atoms with Gasteiger partial charge < -0.3 is 25.4 Å². The van der Waals surface area contributed by atoms with Gasteiger partial charge >= 0.3 is 0 Å². The predicted octanol–water partition coefficient (Wildman–Crippen LogP) is 4.49. The van der Waals surface area contributed by atoms with Gasteiger partial charge in [0, 0.05) is 37.0 Å². The molecule has 0 aromatic heterocycles. The number of nitrogens with one attached hydrogen (secondary N) is 3. The smallest absolute Gasteiger partial charge is 0.226 e. The Morgan fingerprint density at radius 3 is 2.27 bits per heavy atom. The quantitative estimate of drug-likeness (QED) is 0.268. The molecule has 0 saturated heterocycles. The Bertz CT molecular complexity index is 839. The monoisotopic (exact) mass is 526 g/mol. The van der Waals surface area contributed by atoms with Gasteiger partial charge in [0.05, 0.1) is 13.7 Å². The average Bonchev–Trinajstić information content (AvgIpc) is 2.72. The van der Waals surface area contributed by atoms with Gasteiger partial charge in [0.15, 0.2) is 17.5 Å². The molecule has 0 aliphatic heterocycles. The third-order valence-electron chi connectivity index (χ3n) is 4.16. The summed E-state index contributed by atoms with van der Waals surface area (Å²) < 4.78 is 10.9. The van der Waals surface area contributed by atoms with Crippen LogP contribution in [0.1, 0.15) is 26.3 Å². The van der Waals surface area contributed by atoms with E-state index in [0.717, 1.165) is 16.9 Å². The summed E-state index contributed by atoms with van der Waals surface area (Å²) in [6.45, 7) is 6.81. The van der Waals surface area contributed by atoms with Crippen molar-refractivity contribution in [3.63, 3.8) is 0 Å². The van der Waals surface area contributed by atoms with E-state index >= 15 is 0 Å². The predicted molar refractivity (Wildman–Crippen MR) is 133 cm³/mol. The molecule has 0 aliphatic carbocycles. The molecule has 2 aromatic carbocycles. The molecule has 0 unspecified atom stereocenters. The maximum absolute atomic E-state index is 11.8. The molecule has 2 aromatic rings. The summed E-state index contributed by atoms with van der Waals surface area (Å²) >= 11 is 0. The lowest BCUT2D eigenvalue weighted by Crippen LogP contribution is -2.30. The number of methoxy groups -OCH3 is 1. The summed E-state index contributed by atoms with van der Waals surface area (Å²) in [5.74, 6) is 1.95. The number of benzene rings is 2. The molecule has 0 saturated carbocycles. The minimum atomic E-state index is -0.0491. The van der Waals surface area contributed by atoms with Crippen LogP contribution in [0.2, 0.25) is 0 Å². The van der Waals surface area contributed by atoms with E-state index in [2.05, 4.69) is 20.9 Å². The Morgan fingerprint density at radius 2 is 1.70 bits per heavy atom. The minimum absolute atomic E-state index is 0. The first-order chi connectivity index (χ1) is 14.0. The molecule has 8 heteroatoms. The third-order valence-corrected chi connectivity index (χ3v) is 4.16. The van der Waals surface area contributed by atoms with Crippen LogP contribution in [0.25, 0.3) is 0 Å². The summed E-state index contributed by atoms with van der Waals surface area (Å²) in [5.41, 5.74) is 2.70. The van der Waals surface area contributed by atoms with E-state index < -0.39 is 0 Å². The van der Waals surface area contributed by atoms with Gasteiger partial charge in [-0.05, 0) is 36.8 Å². The van der Waals surface area contributed by atoms with Crippen LogP contribution in [0, 0.1) is 5.92 Å². The molecule has 1 amide bonds. The number of hydrogen-bond donors (Lipinski definition) is 3. The summed E-state index contributed by atoms with van der Waals surface area (Å²) in [5, 5.41) is 9.40. The van der Waals surface area contributed by atoms with E-state index in [1.807, 2.05) is 63.2 Å². The van der Waals surface area contributed by atoms with Crippen LogP contribution < -0.4 is 25.4 Å². The average molecular weight is 526 g/mol. The number of nitrogens with zero attached hydrogens (tertiary/aromatic N) is 1. The zero-order valence-electron chi connectivity index (χ0n) is 18.1. The van der Waals surface area contributed by atoms with Crippen LogP contribution in [0.15, 0.2) is 47.5 Å². The molecule has 2 rings (SSSR count). The van der Waals surface area contributed by atoms with Crippen molar-refractivity contribution in [1.29, 1.82) is 0 Å². The van der Waals surface area contributed by atoms with E-state index in [1.165, 1.54) is 0 Å². The topological polar surface area (TPSA) is 84.0 Å². The number of carbonyl (C=O) groups is 1. The Morgan fingerprint density at radius 1 is 1.03 bits per heavy atom. The van der Waals surface area contributed by atoms with Crippen molar-refractivity contribution in [1.82, 2.24) is 5.32 Å². The fourth-order valence-electron chi connectivity index (χ4n) is 2.52. The van der Waals surface area contributed by atoms with Gasteiger partial charge in [0.1, 0.15) is 0 Å². The highest BCUT2D eigenvalue weighted by atomic mass is 127. The number of halogens is 1. The Balaban J connectivity index is 0.00000450. The first kappa shape index (κ1) is 25.5. The van der Waals surface area contributed by atoms with Crippen LogP contribution in [0.4, 0.5) is 11.4 Å². The van der Waals surface area contributed by atoms with Crippen molar-refractivity contribution >= 4 is 47.2 Å². The molecule has 0 radical (unpaired) electrons. The SMILES string of the molecule is CCOc1cc(NC(=NC)NCc2ccc(NC(=O)C(C)C)cc2)ccc1OC.I. The maximum atomic E-state index is 11.8. The normalized spacial score (nSPS) is 10.8. The van der Waals surface area contributed by atoms with Crippen LogP contribution in [-0.2, 0) is 11.3 Å². The Kier molecular flexibility index (Phi) is 11.0. The van der Waals surface area contributed by atoms with E-state index in [0.29, 0.717) is 30.6 Å². The van der Waals surface area contributed by atoms with Crippen LogP contribution in [0.3, 0.4) is 0 Å². The maximum Gasteiger partial charge on any atom is 0.226 e. The number of anilines is 2. The number of hydrogen-bond acceptors (Lipinski definition) is 4. The zero-order valence-corrected chi connectivity index (χ0v) is 20.4. The standard InChI is InChI=1S/C22H30N4O3.HI/c1-6-29-20-13-18(11-12-19(20)28-5)26-22(23-4)24-14-16-7-9-17(10-8-16)25-21(27)15(2)3;/h7-13,15H,6,14H2,1-5H3,(H,25,27)(H2,23,24,26);1H. The lowest BCUT2D eigenvalue weighted by atomic mass is 10.1. The van der Waals surface area contributed by atoms with Gasteiger partial charge in [-0.3, -0.25) is 9.79 Å². The Labute approximate surface area is 195 Å². The third kappa shape index (κ3) is 7.74. The highest BCUT2D eigenvalue weighted by molar-refractivity contribution is 14.0. The first-order valence-electron chi connectivity index (χ1n) is 9.65. The summed E-state index contributed by atoms with van der Waals surface area (Å²) in [6.07, 6.45) is 0. The molecular weight excluding hydrogens is 495 g/mol. The van der Waals surface area contributed by atoms with Crippen LogP contribution in [-0.4, -0.2) is 32.6 Å². The van der Waals surface area contributed by atoms with Gasteiger partial charge in [-0.1, -0.05) is 26.0 Å². The molecular formula is C22H31IN4O3. The largest absolute Gasteiger partial charge is 0.493 e. The van der Waals surface area contributed by atoms with E-state index in [4.69, 9.17) is 9.47 Å². The minimum Gasteiger partial charge on any atom is -0.493 e. The molecule has 30 heavy (non-hydrogen) atoms. The second-order valence-electron chi connectivity index (χ2n) is 6.69. The molecule has 0 spiro atoms. The first-order valence-corrected chi connectivity index (χ1v) is 9.65. The van der Waals surface area contributed by atoms with E-state index in [9.17, 15) is 4.79 Å². The van der Waals surface area contributed by atoms with Crippen molar-refractivity contribution in [3.8, 4) is 11.5 Å². The number of guanidine groups is 1. The van der Waals surface area contributed by atoms with Crippen molar-refractivity contribution in [2.24, 2.45) is 10.9 Å².